The molecule has 3 aromatic carbocycles. The predicted molar refractivity (Wildman–Crippen MR) is 145 cm³/mol. The first-order valence-corrected chi connectivity index (χ1v) is 13.6. The number of carbonyl (C=O) groups excluding carboxylic acids is 2. The highest BCUT2D eigenvalue weighted by Gasteiger charge is 2.54. The van der Waals surface area contributed by atoms with E-state index in [-0.39, 0.29) is 17.0 Å². The third-order valence-electron chi connectivity index (χ3n) is 7.95. The summed E-state index contributed by atoms with van der Waals surface area (Å²) < 4.78 is 129. The topological polar surface area (TPSA) is 76.7 Å². The molecule has 0 aliphatic heterocycles. The maximum absolute atomic E-state index is 14.1. The maximum Gasteiger partial charge on any atom is 0.573 e. The first-order chi connectivity index (χ1) is 21.6. The van der Waals surface area contributed by atoms with Gasteiger partial charge in [-0.2, -0.15) is 13.2 Å². The molecule has 0 spiro atoms. The number of anilines is 1. The van der Waals surface area contributed by atoms with Crippen LogP contribution in [-0.4, -0.2) is 31.3 Å². The number of rotatable bonds is 7. The Kier molecular flexibility index (Phi) is 8.71. The van der Waals surface area contributed by atoms with Gasteiger partial charge in [0, 0.05) is 23.7 Å². The largest absolute Gasteiger partial charge is 0.573 e. The van der Waals surface area contributed by atoms with Crippen molar-refractivity contribution in [3.63, 3.8) is 0 Å². The number of nitrogens with one attached hydrogen (secondary N) is 2. The second-order valence-electron chi connectivity index (χ2n) is 10.7. The second kappa shape index (κ2) is 12.2. The van der Waals surface area contributed by atoms with Crippen LogP contribution in [0, 0.1) is 35.2 Å². The highest BCUT2D eigenvalue weighted by molar-refractivity contribution is 5.99. The Balaban J connectivity index is 1.51. The lowest BCUT2D eigenvalue weighted by atomic mass is 9.83. The van der Waals surface area contributed by atoms with Crippen LogP contribution in [0.15, 0.2) is 60.2 Å². The SMILES string of the molecule is COc1cc(F)c(F)cc1C(=O)N[C@@H]1C2CCC(/C2=C/c2cccc(OC(F)(F)F)c2)[C@@H]1C(=O)Nc1ccc(F)c(C(F)(F)F)c1. The number of halogens is 9. The Labute approximate surface area is 255 Å². The summed E-state index contributed by atoms with van der Waals surface area (Å²) in [5.74, 6) is -9.18. The van der Waals surface area contributed by atoms with E-state index in [1.807, 2.05) is 0 Å². The van der Waals surface area contributed by atoms with E-state index in [4.69, 9.17) is 4.74 Å². The van der Waals surface area contributed by atoms with Gasteiger partial charge in [0.15, 0.2) is 11.6 Å². The van der Waals surface area contributed by atoms with E-state index in [0.29, 0.717) is 42.7 Å². The van der Waals surface area contributed by atoms with E-state index in [9.17, 15) is 49.1 Å². The molecule has 6 nitrogen and oxygen atoms in total. The molecule has 2 amide bonds. The lowest BCUT2D eigenvalue weighted by molar-refractivity contribution is -0.274. The first-order valence-electron chi connectivity index (χ1n) is 13.6. The Hall–Kier alpha value is -4.69. The van der Waals surface area contributed by atoms with Crippen LogP contribution >= 0.6 is 0 Å². The van der Waals surface area contributed by atoms with Crippen molar-refractivity contribution in [1.82, 2.24) is 5.32 Å². The van der Waals surface area contributed by atoms with Crippen molar-refractivity contribution >= 4 is 23.6 Å². The van der Waals surface area contributed by atoms with Crippen LogP contribution in [0.2, 0.25) is 0 Å². The predicted octanol–water partition coefficient (Wildman–Crippen LogP) is 7.51. The zero-order valence-corrected chi connectivity index (χ0v) is 23.5. The van der Waals surface area contributed by atoms with Crippen molar-refractivity contribution in [2.75, 3.05) is 12.4 Å². The molecule has 2 saturated carbocycles. The van der Waals surface area contributed by atoms with E-state index in [1.165, 1.54) is 18.2 Å². The quantitative estimate of drug-likeness (QED) is 0.258. The summed E-state index contributed by atoms with van der Waals surface area (Å²) >= 11 is 0. The molecule has 0 aromatic heterocycles. The van der Waals surface area contributed by atoms with E-state index in [1.54, 1.807) is 0 Å². The molecular formula is C31H23F9N2O4. The van der Waals surface area contributed by atoms with Crippen LogP contribution < -0.4 is 20.1 Å². The average molecular weight is 659 g/mol. The zero-order chi connectivity index (χ0) is 33.6. The molecule has 4 atom stereocenters. The molecule has 3 aromatic rings. The smallest absolute Gasteiger partial charge is 0.496 e. The summed E-state index contributed by atoms with van der Waals surface area (Å²) in [6, 6.07) is 7.10. The summed E-state index contributed by atoms with van der Waals surface area (Å²) in [7, 11) is 1.12. The van der Waals surface area contributed by atoms with E-state index in [0.717, 1.165) is 25.3 Å². The van der Waals surface area contributed by atoms with Crippen LogP contribution in [0.4, 0.5) is 45.2 Å². The average Bonchev–Trinajstić information content (AvgIpc) is 3.48. The molecule has 0 saturated heterocycles. The number of amides is 2. The zero-order valence-electron chi connectivity index (χ0n) is 23.5. The molecule has 2 N–H and O–H groups in total. The highest BCUT2D eigenvalue weighted by atomic mass is 19.4. The van der Waals surface area contributed by atoms with Gasteiger partial charge in [-0.05, 0) is 60.7 Å². The third kappa shape index (κ3) is 6.77. The van der Waals surface area contributed by atoms with Gasteiger partial charge in [0.25, 0.3) is 5.91 Å². The number of alkyl halides is 6. The van der Waals surface area contributed by atoms with Crippen molar-refractivity contribution in [3.8, 4) is 11.5 Å². The second-order valence-corrected chi connectivity index (χ2v) is 10.7. The Morgan fingerprint density at radius 3 is 2.24 bits per heavy atom. The summed E-state index contributed by atoms with van der Waals surface area (Å²) in [5.41, 5.74) is -1.57. The van der Waals surface area contributed by atoms with Crippen LogP contribution in [0.5, 0.6) is 11.5 Å². The number of hydrogen-bond acceptors (Lipinski definition) is 4. The molecule has 2 aliphatic carbocycles. The molecule has 5 rings (SSSR count). The number of methoxy groups -OCH3 is 1. The van der Waals surface area contributed by atoms with Crippen molar-refractivity contribution in [2.24, 2.45) is 17.8 Å². The minimum atomic E-state index is -5.06. The van der Waals surface area contributed by atoms with Gasteiger partial charge in [-0.1, -0.05) is 23.8 Å². The number of carbonyl (C=O) groups is 2. The van der Waals surface area contributed by atoms with Gasteiger partial charge in [0.05, 0.1) is 24.2 Å². The standard InChI is InChI=1S/C31H23F9N2O4/c1-45-25-13-24(34)23(33)12-20(25)28(43)42-27-18-7-6-17(19(18)10-14-3-2-4-16(9-14)46-31(38,39)40)26(27)29(44)41-15-5-8-22(32)21(11-15)30(35,36)37/h2-5,8-13,17-18,26-27H,6-7H2,1H3,(H,41,44)(H,42,43)/b19-10-/t17?,18?,26-,27+/m0/s1. The summed E-state index contributed by atoms with van der Waals surface area (Å²) in [5, 5.41) is 4.99. The molecule has 0 heterocycles. The van der Waals surface area contributed by atoms with Crippen LogP contribution in [0.3, 0.4) is 0 Å². The number of fused-ring (bicyclic) bond motifs is 2. The Morgan fingerprint density at radius 2 is 1.57 bits per heavy atom. The van der Waals surface area contributed by atoms with Crippen molar-refractivity contribution in [3.05, 3.63) is 94.3 Å². The Bertz CT molecular complexity index is 1700. The van der Waals surface area contributed by atoms with Gasteiger partial charge < -0.3 is 20.1 Å². The molecule has 2 aliphatic rings. The summed E-state index contributed by atoms with van der Waals surface area (Å²) in [4.78, 5) is 27.0. The van der Waals surface area contributed by atoms with E-state index >= 15 is 0 Å². The van der Waals surface area contributed by atoms with Gasteiger partial charge in [0.2, 0.25) is 5.91 Å². The molecule has 2 unspecified atom stereocenters. The van der Waals surface area contributed by atoms with Crippen LogP contribution in [0.25, 0.3) is 6.08 Å². The molecule has 2 bridgehead atoms. The monoisotopic (exact) mass is 658 g/mol. The fourth-order valence-electron chi connectivity index (χ4n) is 6.14. The van der Waals surface area contributed by atoms with Gasteiger partial charge in [-0.3, -0.25) is 9.59 Å². The number of hydrogen-bond donors (Lipinski definition) is 2. The van der Waals surface area contributed by atoms with Gasteiger partial charge in [-0.15, -0.1) is 13.2 Å². The fourth-order valence-corrected chi connectivity index (χ4v) is 6.14. The normalized spacial score (nSPS) is 21.7. The van der Waals surface area contributed by atoms with Crippen molar-refractivity contribution in [2.45, 2.75) is 31.4 Å². The molecule has 15 heteroatoms. The highest BCUT2D eigenvalue weighted by Crippen LogP contribution is 2.54. The van der Waals surface area contributed by atoms with Gasteiger partial charge in [0.1, 0.15) is 17.3 Å². The van der Waals surface area contributed by atoms with E-state index in [2.05, 4.69) is 15.4 Å². The van der Waals surface area contributed by atoms with Gasteiger partial charge >= 0.3 is 12.5 Å². The van der Waals surface area contributed by atoms with Gasteiger partial charge in [-0.25, -0.2) is 13.2 Å². The molecule has 46 heavy (non-hydrogen) atoms. The number of ether oxygens (including phenoxy) is 2. The summed E-state index contributed by atoms with van der Waals surface area (Å²) in [6.07, 6.45) is -7.71. The molecular weight excluding hydrogens is 635 g/mol. The minimum Gasteiger partial charge on any atom is -0.496 e. The lowest BCUT2D eigenvalue weighted by Crippen LogP contribution is -2.48. The lowest BCUT2D eigenvalue weighted by Gasteiger charge is -2.30. The van der Waals surface area contributed by atoms with Crippen LogP contribution in [0.1, 0.15) is 34.3 Å². The minimum absolute atomic E-state index is 0.274. The Morgan fingerprint density at radius 1 is 0.870 bits per heavy atom. The van der Waals surface area contributed by atoms with Crippen molar-refractivity contribution in [1.29, 1.82) is 0 Å². The van der Waals surface area contributed by atoms with Crippen molar-refractivity contribution < 1.29 is 58.6 Å². The van der Waals surface area contributed by atoms with Crippen LogP contribution in [-0.2, 0) is 11.0 Å². The molecule has 2 fully saturated rings. The third-order valence-corrected chi connectivity index (χ3v) is 7.95. The molecule has 0 radical (unpaired) electrons. The maximum atomic E-state index is 14.1. The van der Waals surface area contributed by atoms with E-state index < -0.39 is 82.5 Å². The molecule has 244 valence electrons. The fraction of sp³-hybridized carbons (Fsp3) is 0.290. The number of benzene rings is 3. The summed E-state index contributed by atoms with van der Waals surface area (Å²) in [6.45, 7) is 0. The first kappa shape index (κ1) is 32.7.